The highest BCUT2D eigenvalue weighted by atomic mass is 19.1. The van der Waals surface area contributed by atoms with Gasteiger partial charge in [-0.3, -0.25) is 19.4 Å². The lowest BCUT2D eigenvalue weighted by molar-refractivity contribution is 0.0475. The van der Waals surface area contributed by atoms with Gasteiger partial charge in [0.25, 0.3) is 11.8 Å². The third-order valence-electron chi connectivity index (χ3n) is 6.51. The van der Waals surface area contributed by atoms with E-state index in [1.807, 2.05) is 12.1 Å². The number of halogens is 2. The first kappa shape index (κ1) is 21.0. The van der Waals surface area contributed by atoms with E-state index in [1.54, 1.807) is 6.07 Å². The van der Waals surface area contributed by atoms with Gasteiger partial charge in [-0.05, 0) is 31.0 Å². The molecule has 0 spiro atoms. The molecule has 168 valence electrons. The summed E-state index contributed by atoms with van der Waals surface area (Å²) in [5.41, 5.74) is 2.14. The predicted octanol–water partition coefficient (Wildman–Crippen LogP) is 3.06. The lowest BCUT2D eigenvalue weighted by Crippen LogP contribution is -2.46. The maximum atomic E-state index is 14.0. The monoisotopic (exact) mass is 441 g/mol. The number of anilines is 1. The van der Waals surface area contributed by atoms with Gasteiger partial charge in [-0.1, -0.05) is 12.1 Å². The molecule has 0 bridgehead atoms. The third-order valence-corrected chi connectivity index (χ3v) is 6.51. The second-order valence-corrected chi connectivity index (χ2v) is 8.55. The van der Waals surface area contributed by atoms with Gasteiger partial charge in [-0.2, -0.15) is 0 Å². The number of amides is 2. The number of piperazine rings is 1. The van der Waals surface area contributed by atoms with Crippen molar-refractivity contribution < 1.29 is 23.1 Å². The summed E-state index contributed by atoms with van der Waals surface area (Å²) < 4.78 is 32.8. The number of hydrogen-bond donors (Lipinski definition) is 0. The average molecular weight is 441 g/mol. The fourth-order valence-corrected chi connectivity index (χ4v) is 4.77. The molecule has 1 atom stereocenters. The minimum atomic E-state index is -0.582. The Bertz CT molecular complexity index is 1050. The molecule has 0 N–H and O–H groups in total. The van der Waals surface area contributed by atoms with Crippen LogP contribution in [0.4, 0.5) is 14.5 Å². The van der Waals surface area contributed by atoms with Crippen LogP contribution >= 0.6 is 0 Å². The van der Waals surface area contributed by atoms with Crippen molar-refractivity contribution in [3.8, 4) is 0 Å². The van der Waals surface area contributed by atoms with Crippen LogP contribution in [0.5, 0.6) is 0 Å². The van der Waals surface area contributed by atoms with E-state index in [-0.39, 0.29) is 17.9 Å². The van der Waals surface area contributed by atoms with Gasteiger partial charge in [0.2, 0.25) is 0 Å². The Morgan fingerprint density at radius 2 is 1.81 bits per heavy atom. The molecule has 2 aromatic carbocycles. The molecule has 2 saturated heterocycles. The van der Waals surface area contributed by atoms with Crippen molar-refractivity contribution in [2.75, 3.05) is 44.2 Å². The quantitative estimate of drug-likeness (QED) is 0.668. The molecule has 5 rings (SSSR count). The van der Waals surface area contributed by atoms with E-state index in [0.717, 1.165) is 24.6 Å². The molecular weight excluding hydrogens is 416 g/mol. The van der Waals surface area contributed by atoms with E-state index in [9.17, 15) is 18.4 Å². The maximum absolute atomic E-state index is 14.0. The second-order valence-electron chi connectivity index (χ2n) is 8.55. The van der Waals surface area contributed by atoms with Crippen LogP contribution in [0.1, 0.15) is 39.1 Å². The minimum Gasteiger partial charge on any atom is -0.376 e. The summed E-state index contributed by atoms with van der Waals surface area (Å²) in [6.07, 6.45) is 1.72. The molecule has 3 aliphatic rings. The normalized spacial score (nSPS) is 21.5. The van der Waals surface area contributed by atoms with Crippen molar-refractivity contribution >= 4 is 17.5 Å². The molecule has 1 unspecified atom stereocenters. The molecule has 2 aromatic rings. The Balaban J connectivity index is 1.28. The van der Waals surface area contributed by atoms with Crippen LogP contribution in [0.25, 0.3) is 0 Å². The molecular formula is C24H25F2N3O3. The van der Waals surface area contributed by atoms with Crippen LogP contribution < -0.4 is 4.90 Å². The lowest BCUT2D eigenvalue weighted by atomic mass is 10.1. The van der Waals surface area contributed by atoms with Crippen LogP contribution in [0.3, 0.4) is 0 Å². The highest BCUT2D eigenvalue weighted by Gasteiger charge is 2.40. The molecule has 0 aliphatic carbocycles. The molecule has 2 fully saturated rings. The summed E-state index contributed by atoms with van der Waals surface area (Å²) in [4.78, 5) is 31.6. The predicted molar refractivity (Wildman–Crippen MR) is 115 cm³/mol. The van der Waals surface area contributed by atoms with Crippen molar-refractivity contribution in [2.45, 2.75) is 25.5 Å². The van der Waals surface area contributed by atoms with E-state index in [0.29, 0.717) is 62.6 Å². The summed E-state index contributed by atoms with van der Waals surface area (Å²) >= 11 is 0. The summed E-state index contributed by atoms with van der Waals surface area (Å²) in [6, 6.07) is 9.07. The lowest BCUT2D eigenvalue weighted by Gasteiger charge is -2.36. The number of rotatable bonds is 5. The molecule has 32 heavy (non-hydrogen) atoms. The molecule has 0 aromatic heterocycles. The van der Waals surface area contributed by atoms with Gasteiger partial charge in [0.15, 0.2) is 0 Å². The largest absolute Gasteiger partial charge is 0.376 e. The second kappa shape index (κ2) is 8.60. The van der Waals surface area contributed by atoms with Crippen molar-refractivity contribution in [1.29, 1.82) is 0 Å². The topological polar surface area (TPSA) is 53.1 Å². The van der Waals surface area contributed by atoms with Gasteiger partial charge in [0.1, 0.15) is 11.6 Å². The average Bonchev–Trinajstić information content (AvgIpc) is 3.39. The fourth-order valence-electron chi connectivity index (χ4n) is 4.77. The molecule has 3 heterocycles. The smallest absolute Gasteiger partial charge is 0.263 e. The number of hydrogen-bond acceptors (Lipinski definition) is 5. The van der Waals surface area contributed by atoms with E-state index in [4.69, 9.17) is 4.74 Å². The number of ether oxygens (including phenoxy) is 1. The SMILES string of the molecule is O=C1c2cccc(N3CCN(Cc4ccc(F)cc4F)CC3)c2C(=O)N1CC1CCCO1. The minimum absolute atomic E-state index is 0.0870. The van der Waals surface area contributed by atoms with Crippen molar-refractivity contribution in [1.82, 2.24) is 9.80 Å². The third kappa shape index (κ3) is 3.89. The zero-order valence-corrected chi connectivity index (χ0v) is 17.7. The van der Waals surface area contributed by atoms with Gasteiger partial charge >= 0.3 is 0 Å². The molecule has 8 heteroatoms. The molecule has 6 nitrogen and oxygen atoms in total. The maximum Gasteiger partial charge on any atom is 0.263 e. The van der Waals surface area contributed by atoms with Gasteiger partial charge in [-0.25, -0.2) is 8.78 Å². The first-order valence-corrected chi connectivity index (χ1v) is 11.0. The molecule has 2 amide bonds. The number of nitrogens with zero attached hydrogens (tertiary/aromatic N) is 3. The number of fused-ring (bicyclic) bond motifs is 1. The van der Waals surface area contributed by atoms with E-state index >= 15 is 0 Å². The Morgan fingerprint density at radius 1 is 1.00 bits per heavy atom. The summed E-state index contributed by atoms with van der Waals surface area (Å²) in [6.45, 7) is 4.00. The summed E-state index contributed by atoms with van der Waals surface area (Å²) in [5.74, 6) is -1.63. The number of carbonyl (C=O) groups is 2. The Labute approximate surface area is 185 Å². The zero-order chi connectivity index (χ0) is 22.2. The standard InChI is InChI=1S/C24H25F2N3O3/c25-17-7-6-16(20(26)13-17)14-27-8-10-28(11-9-27)21-5-1-4-19-22(21)24(31)29(23(19)30)15-18-3-2-12-32-18/h1,4-7,13,18H,2-3,8-12,14-15H2. The Hall–Kier alpha value is -2.84. The van der Waals surface area contributed by atoms with Crippen LogP contribution in [-0.4, -0.2) is 67.0 Å². The molecule has 0 radical (unpaired) electrons. The van der Waals surface area contributed by atoms with E-state index in [1.165, 1.54) is 17.0 Å². The highest BCUT2D eigenvalue weighted by molar-refractivity contribution is 6.23. The van der Waals surface area contributed by atoms with E-state index < -0.39 is 11.6 Å². The zero-order valence-electron chi connectivity index (χ0n) is 17.7. The Morgan fingerprint density at radius 3 is 2.53 bits per heavy atom. The van der Waals surface area contributed by atoms with Gasteiger partial charge < -0.3 is 9.64 Å². The van der Waals surface area contributed by atoms with Crippen LogP contribution in [0.15, 0.2) is 36.4 Å². The van der Waals surface area contributed by atoms with Crippen molar-refractivity contribution in [3.05, 3.63) is 64.7 Å². The molecule has 3 aliphatic heterocycles. The first-order chi connectivity index (χ1) is 15.5. The van der Waals surface area contributed by atoms with Gasteiger partial charge in [-0.15, -0.1) is 0 Å². The Kier molecular flexibility index (Phi) is 5.65. The van der Waals surface area contributed by atoms with Crippen molar-refractivity contribution in [3.63, 3.8) is 0 Å². The first-order valence-electron chi connectivity index (χ1n) is 11.0. The van der Waals surface area contributed by atoms with Gasteiger partial charge in [0, 0.05) is 51.0 Å². The van der Waals surface area contributed by atoms with Crippen molar-refractivity contribution in [2.24, 2.45) is 0 Å². The summed E-state index contributed by atoms with van der Waals surface area (Å²) in [5, 5.41) is 0. The number of carbonyl (C=O) groups excluding carboxylic acids is 2. The number of benzene rings is 2. The van der Waals surface area contributed by atoms with Crippen LogP contribution in [0, 0.1) is 11.6 Å². The summed E-state index contributed by atoms with van der Waals surface area (Å²) in [7, 11) is 0. The van der Waals surface area contributed by atoms with Crippen LogP contribution in [0.2, 0.25) is 0 Å². The fraction of sp³-hybridized carbons (Fsp3) is 0.417. The molecule has 0 saturated carbocycles. The van der Waals surface area contributed by atoms with E-state index in [2.05, 4.69) is 9.80 Å². The van der Waals surface area contributed by atoms with Crippen LogP contribution in [-0.2, 0) is 11.3 Å². The van der Waals surface area contributed by atoms with Gasteiger partial charge in [0.05, 0.1) is 29.5 Å². The number of imide groups is 1. The highest BCUT2D eigenvalue weighted by Crippen LogP contribution is 2.33.